The minimum atomic E-state index is -0.546. The van der Waals surface area contributed by atoms with E-state index < -0.39 is 6.04 Å². The summed E-state index contributed by atoms with van der Waals surface area (Å²) in [6, 6.07) is 6.45. The van der Waals surface area contributed by atoms with Crippen LogP contribution in [0.2, 0.25) is 0 Å². The van der Waals surface area contributed by atoms with Gasteiger partial charge in [0.05, 0.1) is 6.42 Å². The highest BCUT2D eigenvalue weighted by Gasteiger charge is 2.63. The molecule has 10 nitrogen and oxygen atoms in total. The van der Waals surface area contributed by atoms with Crippen molar-refractivity contribution in [2.24, 2.45) is 5.73 Å². The predicted molar refractivity (Wildman–Crippen MR) is 106 cm³/mol. The lowest BCUT2D eigenvalue weighted by atomic mass is 9.95. The largest absolute Gasteiger partial charge is 0.492 e. The number of aromatic amines is 1. The highest BCUT2D eigenvalue weighted by atomic mass is 32.2. The van der Waals surface area contributed by atoms with Crippen molar-refractivity contribution >= 4 is 23.6 Å². The van der Waals surface area contributed by atoms with Crippen LogP contribution in [0.5, 0.6) is 5.75 Å². The van der Waals surface area contributed by atoms with Crippen LogP contribution in [0.3, 0.4) is 0 Å². The van der Waals surface area contributed by atoms with E-state index in [2.05, 4.69) is 25.9 Å². The van der Waals surface area contributed by atoms with Crippen LogP contribution >= 0.6 is 11.8 Å². The normalized spacial score (nSPS) is 24.7. The number of nitrogens with one attached hydrogen (secondary N) is 2. The van der Waals surface area contributed by atoms with Crippen molar-refractivity contribution < 1.29 is 14.3 Å². The van der Waals surface area contributed by atoms with Gasteiger partial charge in [-0.2, -0.15) is 5.21 Å². The molecule has 4 rings (SSSR count). The number of amides is 2. The van der Waals surface area contributed by atoms with Gasteiger partial charge in [-0.3, -0.25) is 9.59 Å². The number of H-pyrrole nitrogens is 1. The van der Waals surface area contributed by atoms with Crippen LogP contribution in [0.15, 0.2) is 24.3 Å². The van der Waals surface area contributed by atoms with Crippen molar-refractivity contribution in [1.82, 2.24) is 30.8 Å². The van der Waals surface area contributed by atoms with E-state index >= 15 is 0 Å². The fraction of sp³-hybridized carbons (Fsp3) is 0.500. The van der Waals surface area contributed by atoms with Gasteiger partial charge in [-0.05, 0) is 31.5 Å². The van der Waals surface area contributed by atoms with Crippen molar-refractivity contribution in [3.05, 3.63) is 35.7 Å². The first kappa shape index (κ1) is 19.6. The van der Waals surface area contributed by atoms with Gasteiger partial charge in [0.25, 0.3) is 0 Å². The Kier molecular flexibility index (Phi) is 5.17. The van der Waals surface area contributed by atoms with Crippen LogP contribution in [-0.2, 0) is 16.0 Å². The second kappa shape index (κ2) is 7.64. The van der Waals surface area contributed by atoms with Gasteiger partial charge >= 0.3 is 0 Å². The maximum Gasteiger partial charge on any atom is 0.249 e. The van der Waals surface area contributed by atoms with Crippen LogP contribution < -0.4 is 15.8 Å². The van der Waals surface area contributed by atoms with Crippen LogP contribution in [-0.4, -0.2) is 66.7 Å². The molecular weight excluding hydrogens is 394 g/mol. The van der Waals surface area contributed by atoms with E-state index in [1.807, 2.05) is 26.0 Å². The summed E-state index contributed by atoms with van der Waals surface area (Å²) in [5, 5.41) is 16.9. The number of carbonyl (C=O) groups is 2. The molecule has 4 N–H and O–H groups in total. The zero-order valence-corrected chi connectivity index (χ0v) is 17.0. The molecule has 0 radical (unpaired) electrons. The summed E-state index contributed by atoms with van der Waals surface area (Å²) in [4.78, 5) is 27.0. The first-order chi connectivity index (χ1) is 13.9. The lowest BCUT2D eigenvalue weighted by Gasteiger charge is -2.44. The fourth-order valence-electron chi connectivity index (χ4n) is 3.74. The monoisotopic (exact) mass is 417 g/mol. The first-order valence-electron chi connectivity index (χ1n) is 9.35. The summed E-state index contributed by atoms with van der Waals surface area (Å²) in [5.74, 6) is 0.878. The Morgan fingerprint density at radius 2 is 2.14 bits per heavy atom. The number of β-lactam (4-membered cyclic amide) rings is 1. The quantitative estimate of drug-likeness (QED) is 0.535. The van der Waals surface area contributed by atoms with Gasteiger partial charge in [-0.15, -0.1) is 22.0 Å². The molecule has 0 bridgehead atoms. The van der Waals surface area contributed by atoms with Crippen molar-refractivity contribution in [2.45, 2.75) is 42.5 Å². The molecule has 1 aromatic heterocycles. The number of hydrogen-bond donors (Lipinski definition) is 3. The third kappa shape index (κ3) is 3.67. The molecule has 2 amide bonds. The zero-order valence-electron chi connectivity index (χ0n) is 16.2. The molecule has 2 aliphatic rings. The van der Waals surface area contributed by atoms with E-state index in [1.165, 1.54) is 0 Å². The molecule has 0 aliphatic carbocycles. The number of nitrogens with zero attached hydrogens (tertiary/aromatic N) is 4. The van der Waals surface area contributed by atoms with E-state index in [1.54, 1.807) is 28.8 Å². The molecule has 3 atom stereocenters. The van der Waals surface area contributed by atoms with E-state index in [4.69, 9.17) is 10.5 Å². The predicted octanol–water partition coefficient (Wildman–Crippen LogP) is -0.000500. The van der Waals surface area contributed by atoms with Crippen molar-refractivity contribution in [3.8, 4) is 5.75 Å². The van der Waals surface area contributed by atoms with Crippen LogP contribution in [0.4, 0.5) is 0 Å². The molecule has 3 heterocycles. The SMILES string of the molecule is CC1(C)S[C@@H]2C(NC(=O)Cc3ccc(OCCN)cc3)C(=O)N2C1c1nn[nH]n1. The fourth-order valence-corrected chi connectivity index (χ4v) is 5.37. The van der Waals surface area contributed by atoms with Gasteiger partial charge in [-0.25, -0.2) is 0 Å². The number of rotatable bonds is 7. The van der Waals surface area contributed by atoms with Crippen molar-refractivity contribution in [3.63, 3.8) is 0 Å². The summed E-state index contributed by atoms with van der Waals surface area (Å²) < 4.78 is 5.14. The number of nitrogens with two attached hydrogens (primary N) is 1. The van der Waals surface area contributed by atoms with Gasteiger partial charge in [0.1, 0.15) is 29.8 Å². The second-order valence-corrected chi connectivity index (χ2v) is 9.30. The molecule has 0 saturated carbocycles. The number of ether oxygens (including phenoxy) is 1. The molecule has 11 heteroatoms. The summed E-state index contributed by atoms with van der Waals surface area (Å²) in [6.07, 6.45) is 0.190. The Bertz CT molecular complexity index is 887. The van der Waals surface area contributed by atoms with Gasteiger partial charge in [0, 0.05) is 11.3 Å². The number of aromatic nitrogens is 4. The summed E-state index contributed by atoms with van der Waals surface area (Å²) in [6.45, 7) is 4.97. The molecular formula is C18H23N7O3S. The van der Waals surface area contributed by atoms with Gasteiger partial charge in [-0.1, -0.05) is 17.3 Å². The lowest BCUT2D eigenvalue weighted by molar-refractivity contribution is -0.151. The highest BCUT2D eigenvalue weighted by molar-refractivity contribution is 8.01. The second-order valence-electron chi connectivity index (χ2n) is 7.53. The molecule has 0 spiro atoms. The maximum atomic E-state index is 12.8. The summed E-state index contributed by atoms with van der Waals surface area (Å²) in [5.41, 5.74) is 6.26. The Labute approximate surface area is 171 Å². The molecule has 2 aromatic rings. The Morgan fingerprint density at radius 3 is 2.79 bits per heavy atom. The number of carbonyl (C=O) groups excluding carboxylic acids is 2. The number of benzene rings is 1. The smallest absolute Gasteiger partial charge is 0.249 e. The summed E-state index contributed by atoms with van der Waals surface area (Å²) in [7, 11) is 0. The van der Waals surface area contributed by atoms with E-state index in [0.717, 1.165) is 5.56 Å². The van der Waals surface area contributed by atoms with Crippen LogP contribution in [0.25, 0.3) is 0 Å². The third-order valence-electron chi connectivity index (χ3n) is 5.04. The average molecular weight is 417 g/mol. The van der Waals surface area contributed by atoms with Gasteiger partial charge < -0.3 is 20.7 Å². The van der Waals surface area contributed by atoms with Crippen molar-refractivity contribution in [1.29, 1.82) is 0 Å². The Hall–Kier alpha value is -2.66. The molecule has 154 valence electrons. The standard InChI is InChI=1S/C18H23N7O3S/c1-18(2)14(15-21-23-24-22-15)25-16(27)13(17(25)29-18)20-12(26)9-10-3-5-11(6-4-10)28-8-7-19/h3-6,13-14,17H,7-9,19H2,1-2H3,(H,20,26)(H,21,22,23,24)/t13?,14?,17-/m1/s1. The maximum absolute atomic E-state index is 12.8. The minimum absolute atomic E-state index is 0.123. The highest BCUT2D eigenvalue weighted by Crippen LogP contribution is 2.56. The molecule has 2 unspecified atom stereocenters. The van der Waals surface area contributed by atoms with E-state index in [9.17, 15) is 9.59 Å². The molecule has 29 heavy (non-hydrogen) atoms. The molecule has 2 fully saturated rings. The Morgan fingerprint density at radius 1 is 1.38 bits per heavy atom. The minimum Gasteiger partial charge on any atom is -0.492 e. The average Bonchev–Trinajstić information content (AvgIpc) is 3.30. The van der Waals surface area contributed by atoms with Crippen molar-refractivity contribution in [2.75, 3.05) is 13.2 Å². The zero-order chi connectivity index (χ0) is 20.6. The lowest BCUT2D eigenvalue weighted by Crippen LogP contribution is -2.68. The van der Waals surface area contributed by atoms with Crippen LogP contribution in [0, 0.1) is 0 Å². The van der Waals surface area contributed by atoms with Gasteiger partial charge in [0.15, 0.2) is 5.82 Å². The number of thioether (sulfide) groups is 1. The van der Waals surface area contributed by atoms with E-state index in [-0.39, 0.29) is 34.4 Å². The molecule has 1 aromatic carbocycles. The van der Waals surface area contributed by atoms with Gasteiger partial charge in [0.2, 0.25) is 11.8 Å². The summed E-state index contributed by atoms with van der Waals surface area (Å²) >= 11 is 1.64. The third-order valence-corrected chi connectivity index (χ3v) is 6.61. The number of fused-ring (bicyclic) bond motifs is 1. The van der Waals surface area contributed by atoms with Crippen LogP contribution in [0.1, 0.15) is 31.3 Å². The van der Waals surface area contributed by atoms with E-state index in [0.29, 0.717) is 24.7 Å². The first-order valence-corrected chi connectivity index (χ1v) is 10.2. The topological polar surface area (TPSA) is 139 Å². The molecule has 2 saturated heterocycles. The Balaban J connectivity index is 1.37. The molecule has 2 aliphatic heterocycles. The number of tetrazole rings is 1. The number of hydrogen-bond acceptors (Lipinski definition) is 8.